The normalized spacial score (nSPS) is 21.3. The third-order valence-electron chi connectivity index (χ3n) is 7.68. The van der Waals surface area contributed by atoms with E-state index in [4.69, 9.17) is 4.42 Å². The van der Waals surface area contributed by atoms with Crippen molar-refractivity contribution in [2.45, 2.75) is 76.4 Å². The van der Waals surface area contributed by atoms with E-state index >= 15 is 0 Å². The lowest BCUT2D eigenvalue weighted by Gasteiger charge is -2.45. The van der Waals surface area contributed by atoms with Crippen LogP contribution in [-0.2, 0) is 17.8 Å². The summed E-state index contributed by atoms with van der Waals surface area (Å²) in [7, 11) is 0. The minimum atomic E-state index is -0.998. The maximum absolute atomic E-state index is 13.9. The van der Waals surface area contributed by atoms with E-state index in [1.54, 1.807) is 11.2 Å². The fraction of sp³-hybridized carbons (Fsp3) is 0.448. The van der Waals surface area contributed by atoms with Crippen molar-refractivity contribution >= 4 is 11.8 Å². The molecule has 0 spiro atoms. The highest BCUT2D eigenvalue weighted by atomic mass is 16.3. The van der Waals surface area contributed by atoms with Crippen LogP contribution in [0.5, 0.6) is 0 Å². The van der Waals surface area contributed by atoms with Crippen LogP contribution in [0.2, 0.25) is 0 Å². The van der Waals surface area contributed by atoms with Gasteiger partial charge >= 0.3 is 0 Å². The van der Waals surface area contributed by atoms with Gasteiger partial charge in [0.1, 0.15) is 17.0 Å². The average Bonchev–Trinajstić information content (AvgIpc) is 3.51. The van der Waals surface area contributed by atoms with Gasteiger partial charge < -0.3 is 19.2 Å². The first-order chi connectivity index (χ1) is 17.1. The van der Waals surface area contributed by atoms with Crippen LogP contribution in [0.15, 0.2) is 65.3 Å². The van der Waals surface area contributed by atoms with Crippen LogP contribution in [0, 0.1) is 0 Å². The number of nitrogens with one attached hydrogen (secondary N) is 1. The Balaban J connectivity index is 1.45. The summed E-state index contributed by atoms with van der Waals surface area (Å²) in [6, 6.07) is 17.8. The minimum Gasteiger partial charge on any atom is -0.463 e. The van der Waals surface area contributed by atoms with Crippen LogP contribution in [0.3, 0.4) is 0 Å². The number of nitrogens with zero attached hydrogens (tertiary/aromatic N) is 2. The molecule has 1 N–H and O–H groups in total. The van der Waals surface area contributed by atoms with Crippen molar-refractivity contribution < 1.29 is 14.0 Å². The first kappa shape index (κ1) is 23.5. The van der Waals surface area contributed by atoms with E-state index in [-0.39, 0.29) is 17.9 Å². The third kappa shape index (κ3) is 4.79. The summed E-state index contributed by atoms with van der Waals surface area (Å²) >= 11 is 0. The molecule has 184 valence electrons. The van der Waals surface area contributed by atoms with Gasteiger partial charge in [-0.3, -0.25) is 9.59 Å². The Morgan fingerprint density at radius 3 is 2.40 bits per heavy atom. The quantitative estimate of drug-likeness (QED) is 0.519. The Morgan fingerprint density at radius 1 is 0.971 bits per heavy atom. The molecule has 3 heterocycles. The Kier molecular flexibility index (Phi) is 6.80. The van der Waals surface area contributed by atoms with Crippen molar-refractivity contribution in [3.05, 3.63) is 72.1 Å². The van der Waals surface area contributed by atoms with Gasteiger partial charge in [0.15, 0.2) is 0 Å². The summed E-state index contributed by atoms with van der Waals surface area (Å²) in [6.45, 7) is 2.80. The highest BCUT2D eigenvalue weighted by molar-refractivity contribution is 6.00. The number of carbonyl (C=O) groups excluding carboxylic acids is 2. The Hall–Kier alpha value is -3.28. The largest absolute Gasteiger partial charge is 0.463 e. The van der Waals surface area contributed by atoms with E-state index in [9.17, 15) is 9.59 Å². The monoisotopic (exact) mass is 473 g/mol. The van der Waals surface area contributed by atoms with Gasteiger partial charge in [-0.15, -0.1) is 0 Å². The Bertz CT molecular complexity index is 1140. The average molecular weight is 474 g/mol. The van der Waals surface area contributed by atoms with Gasteiger partial charge in [0, 0.05) is 12.6 Å². The van der Waals surface area contributed by atoms with Gasteiger partial charge in [-0.05, 0) is 56.0 Å². The molecule has 0 radical (unpaired) electrons. The predicted molar refractivity (Wildman–Crippen MR) is 136 cm³/mol. The molecule has 1 aliphatic heterocycles. The molecule has 0 unspecified atom stereocenters. The number of furan rings is 1. The second kappa shape index (κ2) is 10.1. The van der Waals surface area contributed by atoms with Gasteiger partial charge in [0.2, 0.25) is 5.91 Å². The van der Waals surface area contributed by atoms with Crippen molar-refractivity contribution in [3.63, 3.8) is 0 Å². The molecule has 35 heavy (non-hydrogen) atoms. The summed E-state index contributed by atoms with van der Waals surface area (Å²) in [5.74, 6) is 0.527. The number of hydrogen-bond acceptors (Lipinski definition) is 3. The molecule has 6 heteroatoms. The molecular weight excluding hydrogens is 438 g/mol. The summed E-state index contributed by atoms with van der Waals surface area (Å²) in [6.07, 6.45) is 10.4. The predicted octanol–water partition coefficient (Wildman–Crippen LogP) is 5.43. The fourth-order valence-corrected chi connectivity index (χ4v) is 5.59. The standard InChI is InChI=1S/C29H35N3O3/c1-29(28(34)30-23-13-8-3-2-4-9-14-23)21-31-24(26-15-10-20-35-26)16-17-25(31)27(33)32(29)19-18-22-11-6-5-7-12-22/h5-7,10-12,15-17,20,23H,2-4,8-9,13-14,18-19,21H2,1H3,(H,30,34)/t29-/m0/s1. The van der Waals surface area contributed by atoms with Gasteiger partial charge in [0.05, 0.1) is 18.5 Å². The first-order valence-corrected chi connectivity index (χ1v) is 13.0. The zero-order chi connectivity index (χ0) is 24.3. The SMILES string of the molecule is C[C@@]1(C(=O)NC2CCCCCCC2)Cn2c(ccc2-c2ccco2)C(=O)N1CCc1ccccc1. The van der Waals surface area contributed by atoms with Crippen molar-refractivity contribution in [2.24, 2.45) is 0 Å². The molecule has 0 bridgehead atoms. The zero-order valence-electron chi connectivity index (χ0n) is 20.5. The minimum absolute atomic E-state index is 0.0609. The second-order valence-corrected chi connectivity index (χ2v) is 10.1. The van der Waals surface area contributed by atoms with Crippen molar-refractivity contribution in [2.75, 3.05) is 6.54 Å². The first-order valence-electron chi connectivity index (χ1n) is 13.0. The highest BCUT2D eigenvalue weighted by Gasteiger charge is 2.48. The molecular formula is C29H35N3O3. The van der Waals surface area contributed by atoms with Crippen molar-refractivity contribution in [3.8, 4) is 11.5 Å². The number of benzene rings is 1. The molecule has 2 aliphatic rings. The van der Waals surface area contributed by atoms with Crippen LogP contribution in [0.1, 0.15) is 67.9 Å². The highest BCUT2D eigenvalue weighted by Crippen LogP contribution is 2.34. The number of hydrogen-bond donors (Lipinski definition) is 1. The second-order valence-electron chi connectivity index (χ2n) is 10.1. The van der Waals surface area contributed by atoms with Crippen molar-refractivity contribution in [1.82, 2.24) is 14.8 Å². The maximum Gasteiger partial charge on any atom is 0.271 e. The van der Waals surface area contributed by atoms with E-state index < -0.39 is 5.54 Å². The molecule has 1 aromatic carbocycles. The lowest BCUT2D eigenvalue weighted by molar-refractivity contribution is -0.133. The smallest absolute Gasteiger partial charge is 0.271 e. The lowest BCUT2D eigenvalue weighted by atomic mass is 9.91. The zero-order valence-corrected chi connectivity index (χ0v) is 20.5. The number of carbonyl (C=O) groups is 2. The molecule has 2 amide bonds. The number of fused-ring (bicyclic) bond motifs is 1. The Labute approximate surface area is 207 Å². The molecule has 6 nitrogen and oxygen atoms in total. The van der Waals surface area contributed by atoms with E-state index in [1.165, 1.54) is 19.3 Å². The topological polar surface area (TPSA) is 67.5 Å². The summed E-state index contributed by atoms with van der Waals surface area (Å²) in [5.41, 5.74) is 1.58. The summed E-state index contributed by atoms with van der Waals surface area (Å²) < 4.78 is 7.60. The van der Waals surface area contributed by atoms with E-state index in [1.807, 2.05) is 54.0 Å². The maximum atomic E-state index is 13.9. The molecule has 5 rings (SSSR count). The van der Waals surface area contributed by atoms with Crippen LogP contribution in [0.25, 0.3) is 11.5 Å². The lowest BCUT2D eigenvalue weighted by Crippen LogP contribution is -2.65. The molecule has 3 aromatic rings. The van der Waals surface area contributed by atoms with Crippen molar-refractivity contribution in [1.29, 1.82) is 0 Å². The van der Waals surface area contributed by atoms with Crippen LogP contribution in [-0.4, -0.2) is 39.4 Å². The van der Waals surface area contributed by atoms with Crippen LogP contribution in [0.4, 0.5) is 0 Å². The Morgan fingerprint density at radius 2 is 1.69 bits per heavy atom. The molecule has 1 fully saturated rings. The fourth-order valence-electron chi connectivity index (χ4n) is 5.59. The third-order valence-corrected chi connectivity index (χ3v) is 7.68. The van der Waals surface area contributed by atoms with E-state index in [2.05, 4.69) is 17.4 Å². The summed E-state index contributed by atoms with van der Waals surface area (Å²) in [5, 5.41) is 3.35. The number of amides is 2. The molecule has 1 saturated carbocycles. The van der Waals surface area contributed by atoms with E-state index in [0.29, 0.717) is 31.0 Å². The van der Waals surface area contributed by atoms with Crippen LogP contribution >= 0.6 is 0 Å². The van der Waals surface area contributed by atoms with Gasteiger partial charge in [-0.25, -0.2) is 0 Å². The number of aromatic nitrogens is 1. The van der Waals surface area contributed by atoms with Gasteiger partial charge in [-0.2, -0.15) is 0 Å². The molecule has 1 aliphatic carbocycles. The van der Waals surface area contributed by atoms with E-state index in [0.717, 1.165) is 36.9 Å². The van der Waals surface area contributed by atoms with Gasteiger partial charge in [-0.1, -0.05) is 62.4 Å². The summed E-state index contributed by atoms with van der Waals surface area (Å²) in [4.78, 5) is 29.6. The molecule has 0 saturated heterocycles. The number of rotatable bonds is 6. The molecule has 2 aromatic heterocycles. The van der Waals surface area contributed by atoms with Gasteiger partial charge in [0.25, 0.3) is 5.91 Å². The van der Waals surface area contributed by atoms with Crippen LogP contribution < -0.4 is 5.32 Å². The molecule has 1 atom stereocenters.